The van der Waals surface area contributed by atoms with Gasteiger partial charge in [-0.05, 0) is 48.9 Å². The minimum atomic E-state index is -3.66. The van der Waals surface area contributed by atoms with Crippen molar-refractivity contribution >= 4 is 21.6 Å². The van der Waals surface area contributed by atoms with E-state index in [1.165, 1.54) is 16.4 Å². The predicted octanol–water partition coefficient (Wildman–Crippen LogP) is 4.65. The highest BCUT2D eigenvalue weighted by Gasteiger charge is 2.21. The number of benzene rings is 3. The van der Waals surface area contributed by atoms with Crippen LogP contribution in [0.15, 0.2) is 94.2 Å². The number of aromatic nitrogens is 1. The van der Waals surface area contributed by atoms with Crippen molar-refractivity contribution in [2.45, 2.75) is 24.8 Å². The Kier molecular flexibility index (Phi) is 6.90. The molecule has 7 nitrogen and oxygen atoms in total. The fraction of sp³-hybridized carbons (Fsp3) is 0.154. The number of nitrogens with zero attached hydrogens (tertiary/aromatic N) is 2. The third kappa shape index (κ3) is 5.41. The van der Waals surface area contributed by atoms with Crippen LogP contribution in [0.25, 0.3) is 11.5 Å². The molecule has 4 rings (SSSR count). The fourth-order valence-corrected chi connectivity index (χ4v) is 4.63. The quantitative estimate of drug-likeness (QED) is 0.400. The Hall–Kier alpha value is -3.75. The van der Waals surface area contributed by atoms with E-state index in [1.807, 2.05) is 60.7 Å². The Labute approximate surface area is 199 Å². The molecule has 0 spiro atoms. The Morgan fingerprint density at radius 2 is 1.56 bits per heavy atom. The lowest BCUT2D eigenvalue weighted by atomic mass is 10.2. The molecule has 0 bridgehead atoms. The molecule has 0 aliphatic rings. The number of sulfonamides is 1. The van der Waals surface area contributed by atoms with Crippen LogP contribution in [0.2, 0.25) is 0 Å². The van der Waals surface area contributed by atoms with Gasteiger partial charge in [0.15, 0.2) is 0 Å². The van der Waals surface area contributed by atoms with Gasteiger partial charge in [-0.3, -0.25) is 4.79 Å². The minimum Gasteiger partial charge on any atom is -0.441 e. The number of aryl methyl sites for hydroxylation is 1. The summed E-state index contributed by atoms with van der Waals surface area (Å²) >= 11 is 0. The average molecular weight is 476 g/mol. The number of hydrogen-bond donors (Lipinski definition) is 1. The van der Waals surface area contributed by atoms with E-state index in [9.17, 15) is 13.2 Å². The first-order chi connectivity index (χ1) is 16.3. The number of amides is 1. The molecule has 174 valence electrons. The van der Waals surface area contributed by atoms with E-state index in [4.69, 9.17) is 4.42 Å². The smallest absolute Gasteiger partial charge is 0.243 e. The lowest BCUT2D eigenvalue weighted by molar-refractivity contribution is -0.115. The van der Waals surface area contributed by atoms with Gasteiger partial charge in [0, 0.05) is 24.8 Å². The van der Waals surface area contributed by atoms with Crippen LogP contribution in [0.4, 0.5) is 5.69 Å². The van der Waals surface area contributed by atoms with Crippen molar-refractivity contribution in [1.82, 2.24) is 9.29 Å². The zero-order valence-corrected chi connectivity index (χ0v) is 19.7. The van der Waals surface area contributed by atoms with Crippen LogP contribution in [0.1, 0.15) is 17.0 Å². The van der Waals surface area contributed by atoms with Crippen molar-refractivity contribution in [3.8, 4) is 11.5 Å². The molecule has 0 aliphatic carbocycles. The highest BCUT2D eigenvalue weighted by molar-refractivity contribution is 7.89. The molecule has 1 aromatic heterocycles. The van der Waals surface area contributed by atoms with Crippen LogP contribution < -0.4 is 5.32 Å². The van der Waals surface area contributed by atoms with Gasteiger partial charge in [-0.15, -0.1) is 0 Å². The maximum absolute atomic E-state index is 12.9. The summed E-state index contributed by atoms with van der Waals surface area (Å²) in [7, 11) is -2.12. The Morgan fingerprint density at radius 1 is 0.941 bits per heavy atom. The standard InChI is InChI=1S/C26H25N3O4S/c1-19-24(28-26(33-19)21-11-7-4-8-12-21)17-25(30)27-22-13-15-23(16-14-22)34(31,32)29(2)18-20-9-5-3-6-10-20/h3-16H,17-18H2,1-2H3,(H,27,30). The maximum atomic E-state index is 12.9. The lowest BCUT2D eigenvalue weighted by Gasteiger charge is -2.17. The molecule has 4 aromatic rings. The van der Waals surface area contributed by atoms with Crippen LogP contribution in [0.5, 0.6) is 0 Å². The molecular weight excluding hydrogens is 450 g/mol. The minimum absolute atomic E-state index is 0.0437. The summed E-state index contributed by atoms with van der Waals surface area (Å²) < 4.78 is 32.8. The van der Waals surface area contributed by atoms with E-state index in [1.54, 1.807) is 26.1 Å². The summed E-state index contributed by atoms with van der Waals surface area (Å²) in [6.45, 7) is 2.04. The summed E-state index contributed by atoms with van der Waals surface area (Å²) in [6, 6.07) is 25.0. The Balaban J connectivity index is 1.40. The molecule has 0 aliphatic heterocycles. The first kappa shape index (κ1) is 23.4. The van der Waals surface area contributed by atoms with E-state index in [0.717, 1.165) is 11.1 Å². The van der Waals surface area contributed by atoms with Gasteiger partial charge in [0.25, 0.3) is 0 Å². The molecule has 3 aromatic carbocycles. The number of carbonyl (C=O) groups excluding carboxylic acids is 1. The second kappa shape index (κ2) is 10.0. The average Bonchev–Trinajstić information content (AvgIpc) is 3.20. The van der Waals surface area contributed by atoms with Crippen molar-refractivity contribution in [2.75, 3.05) is 12.4 Å². The molecule has 0 radical (unpaired) electrons. The fourth-order valence-electron chi connectivity index (χ4n) is 3.47. The summed E-state index contributed by atoms with van der Waals surface area (Å²) in [5.74, 6) is 0.778. The van der Waals surface area contributed by atoms with Crippen LogP contribution in [-0.4, -0.2) is 30.7 Å². The number of nitrogens with one attached hydrogen (secondary N) is 1. The molecule has 1 heterocycles. The van der Waals surface area contributed by atoms with Crippen LogP contribution in [-0.2, 0) is 27.8 Å². The topological polar surface area (TPSA) is 92.5 Å². The van der Waals surface area contributed by atoms with E-state index in [-0.39, 0.29) is 23.8 Å². The van der Waals surface area contributed by atoms with Crippen LogP contribution in [0, 0.1) is 6.92 Å². The van der Waals surface area contributed by atoms with Gasteiger partial charge in [-0.1, -0.05) is 48.5 Å². The predicted molar refractivity (Wildman–Crippen MR) is 131 cm³/mol. The molecular formula is C26H25N3O4S. The lowest BCUT2D eigenvalue weighted by Crippen LogP contribution is -2.26. The molecule has 8 heteroatoms. The van der Waals surface area contributed by atoms with E-state index in [0.29, 0.717) is 23.0 Å². The van der Waals surface area contributed by atoms with Gasteiger partial charge in [0.05, 0.1) is 17.0 Å². The van der Waals surface area contributed by atoms with Gasteiger partial charge < -0.3 is 9.73 Å². The molecule has 0 saturated carbocycles. The second-order valence-corrected chi connectivity index (χ2v) is 9.93. The number of carbonyl (C=O) groups is 1. The number of hydrogen-bond acceptors (Lipinski definition) is 5. The SMILES string of the molecule is Cc1oc(-c2ccccc2)nc1CC(=O)Nc1ccc(S(=O)(=O)N(C)Cc2ccccc2)cc1. The van der Waals surface area contributed by atoms with Gasteiger partial charge in [0.2, 0.25) is 21.8 Å². The number of rotatable bonds is 8. The van der Waals surface area contributed by atoms with Crippen molar-refractivity contribution in [2.24, 2.45) is 0 Å². The normalized spacial score (nSPS) is 11.5. The molecule has 0 fully saturated rings. The summed E-state index contributed by atoms with van der Waals surface area (Å²) in [6.07, 6.45) is 0.0437. The monoisotopic (exact) mass is 475 g/mol. The molecule has 0 atom stereocenters. The van der Waals surface area contributed by atoms with Gasteiger partial charge in [-0.2, -0.15) is 4.31 Å². The van der Waals surface area contributed by atoms with Gasteiger partial charge >= 0.3 is 0 Å². The van der Waals surface area contributed by atoms with Crippen molar-refractivity contribution in [3.63, 3.8) is 0 Å². The zero-order valence-electron chi connectivity index (χ0n) is 18.9. The van der Waals surface area contributed by atoms with Gasteiger partial charge in [0.1, 0.15) is 5.76 Å². The van der Waals surface area contributed by atoms with Crippen molar-refractivity contribution in [1.29, 1.82) is 0 Å². The summed E-state index contributed by atoms with van der Waals surface area (Å²) in [5, 5.41) is 2.79. The summed E-state index contributed by atoms with van der Waals surface area (Å²) in [5.41, 5.74) is 2.79. The highest BCUT2D eigenvalue weighted by Crippen LogP contribution is 2.23. The molecule has 1 amide bonds. The van der Waals surface area contributed by atoms with Crippen molar-refractivity contribution < 1.29 is 17.6 Å². The molecule has 1 N–H and O–H groups in total. The molecule has 0 saturated heterocycles. The van der Waals surface area contributed by atoms with Crippen LogP contribution in [0.3, 0.4) is 0 Å². The summed E-state index contributed by atoms with van der Waals surface area (Å²) in [4.78, 5) is 17.2. The first-order valence-electron chi connectivity index (χ1n) is 10.7. The highest BCUT2D eigenvalue weighted by atomic mass is 32.2. The molecule has 0 unspecified atom stereocenters. The second-order valence-electron chi connectivity index (χ2n) is 7.88. The number of anilines is 1. The molecule has 34 heavy (non-hydrogen) atoms. The Morgan fingerprint density at radius 3 is 2.21 bits per heavy atom. The van der Waals surface area contributed by atoms with E-state index in [2.05, 4.69) is 10.3 Å². The maximum Gasteiger partial charge on any atom is 0.243 e. The largest absolute Gasteiger partial charge is 0.441 e. The van der Waals surface area contributed by atoms with Crippen molar-refractivity contribution in [3.05, 3.63) is 102 Å². The first-order valence-corrected chi connectivity index (χ1v) is 12.2. The van der Waals surface area contributed by atoms with E-state index >= 15 is 0 Å². The van der Waals surface area contributed by atoms with Crippen LogP contribution >= 0.6 is 0 Å². The zero-order chi connectivity index (χ0) is 24.1. The van der Waals surface area contributed by atoms with E-state index < -0.39 is 10.0 Å². The van der Waals surface area contributed by atoms with Gasteiger partial charge in [-0.25, -0.2) is 13.4 Å². The number of oxazole rings is 1. The third-order valence-corrected chi connectivity index (χ3v) is 7.15. The Bertz CT molecular complexity index is 1370. The third-order valence-electron chi connectivity index (χ3n) is 5.34.